The predicted molar refractivity (Wildman–Crippen MR) is 56.7 cm³/mol. The fourth-order valence-corrected chi connectivity index (χ4v) is 3.82. The second kappa shape index (κ2) is 5.39. The minimum Gasteiger partial charge on any atom is -0.381 e. The third-order valence-corrected chi connectivity index (χ3v) is 7.31. The van der Waals surface area contributed by atoms with Gasteiger partial charge in [-0.25, -0.2) is 0 Å². The standard InChI is InChI=1S/C10H20OSi/c1-5-12(6-2,7-3)9-8-10(4)11/h10-11H,5-7H2,1-4H3/t10-/m1/s1. The van der Waals surface area contributed by atoms with Crippen molar-refractivity contribution < 1.29 is 5.11 Å². The Balaban J connectivity index is 4.43. The molecule has 0 aromatic carbocycles. The highest BCUT2D eigenvalue weighted by atomic mass is 28.3. The molecular weight excluding hydrogens is 164 g/mol. The number of aliphatic hydroxyl groups is 1. The second-order valence-corrected chi connectivity index (χ2v) is 8.22. The molecule has 0 aliphatic heterocycles. The molecule has 0 aromatic heterocycles. The monoisotopic (exact) mass is 184 g/mol. The van der Waals surface area contributed by atoms with E-state index in [1.54, 1.807) is 6.92 Å². The maximum Gasteiger partial charge on any atom is 0.137 e. The van der Waals surface area contributed by atoms with Crippen molar-refractivity contribution in [1.29, 1.82) is 0 Å². The molecule has 0 saturated heterocycles. The first-order chi connectivity index (χ1) is 5.60. The van der Waals surface area contributed by atoms with E-state index in [4.69, 9.17) is 5.11 Å². The smallest absolute Gasteiger partial charge is 0.137 e. The molecule has 0 heterocycles. The van der Waals surface area contributed by atoms with Crippen molar-refractivity contribution in [2.45, 2.75) is 51.9 Å². The van der Waals surface area contributed by atoms with Gasteiger partial charge < -0.3 is 5.11 Å². The molecule has 2 heteroatoms. The zero-order valence-electron chi connectivity index (χ0n) is 8.65. The number of hydrogen-bond donors (Lipinski definition) is 1. The minimum absolute atomic E-state index is 0.457. The van der Waals surface area contributed by atoms with Crippen molar-refractivity contribution in [1.82, 2.24) is 0 Å². The van der Waals surface area contributed by atoms with Gasteiger partial charge in [-0.15, -0.1) is 5.54 Å². The maximum atomic E-state index is 9.05. The second-order valence-electron chi connectivity index (χ2n) is 3.29. The molecule has 0 unspecified atom stereocenters. The van der Waals surface area contributed by atoms with Gasteiger partial charge in [0.1, 0.15) is 14.2 Å². The van der Waals surface area contributed by atoms with Crippen molar-refractivity contribution in [2.75, 3.05) is 0 Å². The summed E-state index contributed by atoms with van der Waals surface area (Å²) in [5.41, 5.74) is 3.32. The molecule has 1 atom stereocenters. The van der Waals surface area contributed by atoms with Gasteiger partial charge in [0.15, 0.2) is 0 Å². The molecule has 0 fully saturated rings. The fraction of sp³-hybridized carbons (Fsp3) is 0.800. The van der Waals surface area contributed by atoms with Crippen molar-refractivity contribution in [3.8, 4) is 11.5 Å². The molecule has 70 valence electrons. The molecule has 12 heavy (non-hydrogen) atoms. The van der Waals surface area contributed by atoms with Crippen LogP contribution in [-0.2, 0) is 0 Å². The van der Waals surface area contributed by atoms with Gasteiger partial charge in [0.05, 0.1) is 0 Å². The van der Waals surface area contributed by atoms with Gasteiger partial charge in [-0.2, -0.15) is 0 Å². The zero-order valence-corrected chi connectivity index (χ0v) is 9.65. The van der Waals surface area contributed by atoms with E-state index in [9.17, 15) is 0 Å². The molecule has 1 N–H and O–H groups in total. The highest BCUT2D eigenvalue weighted by molar-refractivity contribution is 6.87. The molecule has 1 nitrogen and oxygen atoms in total. The summed E-state index contributed by atoms with van der Waals surface area (Å²) in [6, 6.07) is 3.62. The first-order valence-electron chi connectivity index (χ1n) is 4.81. The van der Waals surface area contributed by atoms with Crippen molar-refractivity contribution in [2.24, 2.45) is 0 Å². The van der Waals surface area contributed by atoms with Gasteiger partial charge in [-0.05, 0) is 25.1 Å². The van der Waals surface area contributed by atoms with Crippen LogP contribution < -0.4 is 0 Å². The Morgan fingerprint density at radius 1 is 1.17 bits per heavy atom. The molecule has 0 aliphatic carbocycles. The van der Waals surface area contributed by atoms with Crippen molar-refractivity contribution in [3.05, 3.63) is 0 Å². The Bertz CT molecular complexity index is 164. The Kier molecular flexibility index (Phi) is 5.28. The molecule has 0 bridgehead atoms. The van der Waals surface area contributed by atoms with Gasteiger partial charge in [0.2, 0.25) is 0 Å². The molecule has 0 rings (SSSR count). The van der Waals surface area contributed by atoms with E-state index < -0.39 is 14.2 Å². The first-order valence-corrected chi connectivity index (χ1v) is 7.43. The summed E-state index contributed by atoms with van der Waals surface area (Å²) in [5.74, 6) is 2.91. The molecule has 0 aromatic rings. The molecule has 0 radical (unpaired) electrons. The number of hydrogen-bond acceptors (Lipinski definition) is 1. The normalized spacial score (nSPS) is 13.4. The Morgan fingerprint density at radius 2 is 1.58 bits per heavy atom. The maximum absolute atomic E-state index is 9.05. The molecular formula is C10H20OSi. The van der Waals surface area contributed by atoms with Crippen LogP contribution >= 0.6 is 0 Å². The Labute approximate surface area is 77.2 Å². The van der Waals surface area contributed by atoms with Crippen LogP contribution in [-0.4, -0.2) is 19.3 Å². The molecule has 0 amide bonds. The molecule has 0 spiro atoms. The number of rotatable bonds is 3. The SMILES string of the molecule is CC[Si](C#C[C@@H](C)O)(CC)CC. The summed E-state index contributed by atoms with van der Waals surface area (Å²) in [5, 5.41) is 9.05. The minimum atomic E-state index is -1.30. The first kappa shape index (κ1) is 11.7. The summed E-state index contributed by atoms with van der Waals surface area (Å²) in [6.07, 6.45) is -0.457. The third-order valence-electron chi connectivity index (χ3n) is 2.58. The lowest BCUT2D eigenvalue weighted by Gasteiger charge is -2.20. The summed E-state index contributed by atoms with van der Waals surface area (Å²) in [7, 11) is -1.30. The van der Waals surface area contributed by atoms with Crippen LogP contribution in [0.1, 0.15) is 27.7 Å². The van der Waals surface area contributed by atoms with E-state index in [2.05, 4.69) is 32.2 Å². The van der Waals surface area contributed by atoms with E-state index in [0.29, 0.717) is 0 Å². The van der Waals surface area contributed by atoms with Gasteiger partial charge in [-0.3, -0.25) is 0 Å². The van der Waals surface area contributed by atoms with Crippen molar-refractivity contribution >= 4 is 8.07 Å². The highest BCUT2D eigenvalue weighted by Gasteiger charge is 2.24. The van der Waals surface area contributed by atoms with Crippen molar-refractivity contribution in [3.63, 3.8) is 0 Å². The fourth-order valence-electron chi connectivity index (χ4n) is 1.27. The lowest BCUT2D eigenvalue weighted by Crippen LogP contribution is -2.29. The average molecular weight is 184 g/mol. The third kappa shape index (κ3) is 3.42. The zero-order chi connectivity index (χ0) is 9.61. The highest BCUT2D eigenvalue weighted by Crippen LogP contribution is 2.18. The Morgan fingerprint density at radius 3 is 1.83 bits per heavy atom. The van der Waals surface area contributed by atoms with Crippen LogP contribution in [0.25, 0.3) is 0 Å². The van der Waals surface area contributed by atoms with Crippen LogP contribution in [0.15, 0.2) is 0 Å². The van der Waals surface area contributed by atoms with Gasteiger partial charge >= 0.3 is 0 Å². The van der Waals surface area contributed by atoms with Gasteiger partial charge in [-0.1, -0.05) is 26.7 Å². The van der Waals surface area contributed by atoms with Crippen LogP contribution in [0.2, 0.25) is 18.1 Å². The Hall–Kier alpha value is -0.263. The average Bonchev–Trinajstić information content (AvgIpc) is 2.08. The van der Waals surface area contributed by atoms with Crippen LogP contribution in [0, 0.1) is 11.5 Å². The summed E-state index contributed by atoms with van der Waals surface area (Å²) in [6.45, 7) is 8.38. The van der Waals surface area contributed by atoms with Gasteiger partial charge in [0.25, 0.3) is 0 Å². The topological polar surface area (TPSA) is 20.2 Å². The molecule has 0 aliphatic rings. The van der Waals surface area contributed by atoms with E-state index in [1.807, 2.05) is 0 Å². The van der Waals surface area contributed by atoms with E-state index in [1.165, 1.54) is 18.1 Å². The summed E-state index contributed by atoms with van der Waals surface area (Å²) >= 11 is 0. The quantitative estimate of drug-likeness (QED) is 0.527. The largest absolute Gasteiger partial charge is 0.381 e. The van der Waals surface area contributed by atoms with Crippen LogP contribution in [0.4, 0.5) is 0 Å². The lowest BCUT2D eigenvalue weighted by atomic mass is 10.4. The van der Waals surface area contributed by atoms with Gasteiger partial charge in [0, 0.05) is 0 Å². The van der Waals surface area contributed by atoms with Crippen LogP contribution in [0.3, 0.4) is 0 Å². The molecule has 0 saturated carbocycles. The summed E-state index contributed by atoms with van der Waals surface area (Å²) in [4.78, 5) is 0. The predicted octanol–water partition coefficient (Wildman–Crippen LogP) is 2.42. The van der Waals surface area contributed by atoms with E-state index >= 15 is 0 Å². The summed E-state index contributed by atoms with van der Waals surface area (Å²) < 4.78 is 0. The van der Waals surface area contributed by atoms with E-state index in [0.717, 1.165) is 0 Å². The van der Waals surface area contributed by atoms with Crippen LogP contribution in [0.5, 0.6) is 0 Å². The van der Waals surface area contributed by atoms with E-state index in [-0.39, 0.29) is 0 Å². The number of aliphatic hydroxyl groups excluding tert-OH is 1. The lowest BCUT2D eigenvalue weighted by molar-refractivity contribution is 0.253.